The maximum Gasteiger partial charge on any atom is 0.350 e. The minimum absolute atomic E-state index is 0.00115. The van der Waals surface area contributed by atoms with Crippen LogP contribution in [0.3, 0.4) is 0 Å². The lowest BCUT2D eigenvalue weighted by molar-refractivity contribution is -0.384. The number of carbonyl (C=O) groups is 3. The summed E-state index contributed by atoms with van der Waals surface area (Å²) in [6, 6.07) is 10.5. The van der Waals surface area contributed by atoms with Crippen LogP contribution in [0, 0.1) is 17.0 Å². The van der Waals surface area contributed by atoms with Crippen LogP contribution < -0.4 is 9.64 Å². The van der Waals surface area contributed by atoms with Gasteiger partial charge in [0, 0.05) is 17.7 Å². The van der Waals surface area contributed by atoms with Gasteiger partial charge in [-0.1, -0.05) is 23.5 Å². The van der Waals surface area contributed by atoms with Crippen molar-refractivity contribution in [3.05, 3.63) is 85.9 Å². The van der Waals surface area contributed by atoms with Crippen LogP contribution in [0.1, 0.15) is 46.4 Å². The van der Waals surface area contributed by atoms with Crippen LogP contribution in [0.2, 0.25) is 0 Å². The second kappa shape index (κ2) is 10.4. The zero-order valence-corrected chi connectivity index (χ0v) is 21.6. The van der Waals surface area contributed by atoms with Crippen molar-refractivity contribution in [2.45, 2.75) is 32.9 Å². The van der Waals surface area contributed by atoms with Crippen LogP contribution >= 0.6 is 11.3 Å². The largest absolute Gasteiger partial charge is 0.507 e. The fraction of sp³-hybridized carbons (Fsp3) is 0.231. The molecule has 3 aromatic rings. The number of Topliss-reactive ketones (excluding diaryl/α,β-unsaturated/α-hetero) is 1. The first-order valence-corrected chi connectivity index (χ1v) is 12.2. The molecule has 11 nitrogen and oxygen atoms in total. The molecule has 0 saturated carbocycles. The summed E-state index contributed by atoms with van der Waals surface area (Å²) >= 11 is 0.834. The molecule has 1 aliphatic heterocycles. The molecular weight excluding hydrogens is 514 g/mol. The van der Waals surface area contributed by atoms with Gasteiger partial charge in [0.1, 0.15) is 16.4 Å². The summed E-state index contributed by atoms with van der Waals surface area (Å²) in [5.74, 6) is -2.61. The number of anilines is 1. The third kappa shape index (κ3) is 4.85. The number of thiazole rings is 1. The fourth-order valence-electron chi connectivity index (χ4n) is 4.04. The van der Waals surface area contributed by atoms with Crippen LogP contribution in [0.5, 0.6) is 5.75 Å². The van der Waals surface area contributed by atoms with Crippen LogP contribution in [0.25, 0.3) is 5.76 Å². The van der Waals surface area contributed by atoms with Crippen molar-refractivity contribution in [3.8, 4) is 5.75 Å². The summed E-state index contributed by atoms with van der Waals surface area (Å²) in [6.45, 7) is 5.27. The highest BCUT2D eigenvalue weighted by Crippen LogP contribution is 2.44. The fourth-order valence-corrected chi connectivity index (χ4v) is 5.05. The van der Waals surface area contributed by atoms with Gasteiger partial charge in [-0.3, -0.25) is 24.6 Å². The quantitative estimate of drug-likeness (QED) is 0.114. The Balaban J connectivity index is 1.91. The maximum absolute atomic E-state index is 13.3. The molecule has 12 heteroatoms. The maximum atomic E-state index is 13.3. The van der Waals surface area contributed by atoms with Crippen LogP contribution in [-0.2, 0) is 14.3 Å². The van der Waals surface area contributed by atoms with E-state index in [1.807, 2.05) is 13.8 Å². The van der Waals surface area contributed by atoms with Crippen molar-refractivity contribution in [1.29, 1.82) is 0 Å². The van der Waals surface area contributed by atoms with Crippen LogP contribution in [0.15, 0.2) is 54.1 Å². The minimum atomic E-state index is -1.25. The van der Waals surface area contributed by atoms with E-state index in [1.54, 1.807) is 19.1 Å². The molecule has 1 aliphatic rings. The highest BCUT2D eigenvalue weighted by atomic mass is 32.1. The van der Waals surface area contributed by atoms with E-state index in [9.17, 15) is 29.6 Å². The number of hydrogen-bond donors (Lipinski definition) is 1. The summed E-state index contributed by atoms with van der Waals surface area (Å²) in [5.41, 5.74) is 0.166. The number of ketones is 1. The number of methoxy groups -OCH3 is 1. The Labute approximate surface area is 221 Å². The topological polar surface area (TPSA) is 149 Å². The zero-order valence-electron chi connectivity index (χ0n) is 20.8. The summed E-state index contributed by atoms with van der Waals surface area (Å²) in [7, 11) is 1.20. The van der Waals surface area contributed by atoms with Gasteiger partial charge >= 0.3 is 11.9 Å². The number of aliphatic hydroxyl groups is 1. The Hall–Kier alpha value is -4.58. The third-order valence-electron chi connectivity index (χ3n) is 5.70. The van der Waals surface area contributed by atoms with E-state index >= 15 is 0 Å². The monoisotopic (exact) mass is 537 g/mol. The summed E-state index contributed by atoms with van der Waals surface area (Å²) in [5, 5.41) is 22.7. The number of aryl methyl sites for hydroxylation is 1. The number of nitro groups is 1. The predicted octanol–water partition coefficient (Wildman–Crippen LogP) is 4.56. The molecule has 4 rings (SSSR count). The Morgan fingerprint density at radius 2 is 1.87 bits per heavy atom. The number of non-ortho nitro benzene ring substituents is 1. The molecular formula is C26H23N3O8S. The Morgan fingerprint density at radius 3 is 2.47 bits per heavy atom. The molecule has 1 saturated heterocycles. The standard InChI is InChI=1S/C26H23N3O8S/c1-13(2)37-18-10-8-15(9-11-18)21(30)19-20(16-6-5-7-17(12-16)29(34)35)28(24(32)22(19)31)26-27-14(3)23(38-26)25(33)36-4/h5-13,20,30H,1-4H3/b21-19+. The summed E-state index contributed by atoms with van der Waals surface area (Å²) in [4.78, 5) is 55.1. The number of nitrogens with zero attached hydrogens (tertiary/aromatic N) is 3. The van der Waals surface area contributed by atoms with Crippen LogP contribution in [-0.4, -0.2) is 45.9 Å². The average Bonchev–Trinajstić information content (AvgIpc) is 3.39. The molecule has 0 radical (unpaired) electrons. The zero-order chi connectivity index (χ0) is 27.7. The number of carbonyl (C=O) groups excluding carboxylic acids is 3. The molecule has 196 valence electrons. The highest BCUT2D eigenvalue weighted by molar-refractivity contribution is 7.17. The number of benzene rings is 2. The molecule has 2 heterocycles. The number of hydrogen-bond acceptors (Lipinski definition) is 10. The number of ether oxygens (including phenoxy) is 2. The predicted molar refractivity (Wildman–Crippen MR) is 138 cm³/mol. The molecule has 1 fully saturated rings. The molecule has 1 N–H and O–H groups in total. The van der Waals surface area contributed by atoms with Gasteiger partial charge in [-0.2, -0.15) is 0 Å². The van der Waals surface area contributed by atoms with E-state index in [1.165, 1.54) is 43.5 Å². The molecule has 38 heavy (non-hydrogen) atoms. The van der Waals surface area contributed by atoms with Crippen molar-refractivity contribution < 1.29 is 33.9 Å². The van der Waals surface area contributed by atoms with E-state index in [4.69, 9.17) is 9.47 Å². The minimum Gasteiger partial charge on any atom is -0.507 e. The first-order chi connectivity index (χ1) is 18.0. The lowest BCUT2D eigenvalue weighted by atomic mass is 9.95. The number of esters is 1. The molecule has 1 atom stereocenters. The second-order valence-electron chi connectivity index (χ2n) is 8.61. The number of aromatic nitrogens is 1. The van der Waals surface area contributed by atoms with Gasteiger partial charge in [-0.05, 0) is 50.6 Å². The number of amides is 1. The van der Waals surface area contributed by atoms with Gasteiger partial charge in [0.25, 0.3) is 11.5 Å². The number of nitro benzene ring substituents is 1. The Morgan fingerprint density at radius 1 is 1.18 bits per heavy atom. The van der Waals surface area contributed by atoms with E-state index in [2.05, 4.69) is 4.98 Å². The average molecular weight is 538 g/mol. The molecule has 0 bridgehead atoms. The van der Waals surface area contributed by atoms with Gasteiger partial charge in [0.15, 0.2) is 5.13 Å². The van der Waals surface area contributed by atoms with Gasteiger partial charge in [-0.25, -0.2) is 9.78 Å². The van der Waals surface area contributed by atoms with Crippen molar-refractivity contribution in [1.82, 2.24) is 4.98 Å². The van der Waals surface area contributed by atoms with Gasteiger partial charge in [-0.15, -0.1) is 0 Å². The molecule has 0 spiro atoms. The molecule has 0 aliphatic carbocycles. The van der Waals surface area contributed by atoms with Gasteiger partial charge in [0.05, 0.1) is 35.4 Å². The number of aliphatic hydroxyl groups excluding tert-OH is 1. The normalized spacial score (nSPS) is 16.7. The first kappa shape index (κ1) is 26.5. The van der Waals surface area contributed by atoms with Crippen molar-refractivity contribution >= 4 is 45.6 Å². The van der Waals surface area contributed by atoms with Crippen LogP contribution in [0.4, 0.5) is 10.8 Å². The first-order valence-electron chi connectivity index (χ1n) is 11.4. The lowest BCUT2D eigenvalue weighted by Crippen LogP contribution is -2.29. The van der Waals surface area contributed by atoms with E-state index in [0.717, 1.165) is 16.2 Å². The van der Waals surface area contributed by atoms with Gasteiger partial charge < -0.3 is 14.6 Å². The molecule has 1 aromatic heterocycles. The van der Waals surface area contributed by atoms with Crippen molar-refractivity contribution in [2.75, 3.05) is 12.0 Å². The molecule has 2 aromatic carbocycles. The molecule has 1 amide bonds. The number of rotatable bonds is 7. The van der Waals surface area contributed by atoms with E-state index in [0.29, 0.717) is 5.75 Å². The van der Waals surface area contributed by atoms with Crippen molar-refractivity contribution in [3.63, 3.8) is 0 Å². The third-order valence-corrected chi connectivity index (χ3v) is 6.84. The summed E-state index contributed by atoms with van der Waals surface area (Å²) < 4.78 is 10.4. The lowest BCUT2D eigenvalue weighted by Gasteiger charge is -2.23. The smallest absolute Gasteiger partial charge is 0.350 e. The SMILES string of the molecule is COC(=O)c1sc(N2C(=O)C(=O)/C(=C(/O)c3ccc(OC(C)C)cc3)C2c2cccc([N+](=O)[O-])c2)nc1C. The highest BCUT2D eigenvalue weighted by Gasteiger charge is 2.48. The van der Waals surface area contributed by atoms with Crippen molar-refractivity contribution in [2.24, 2.45) is 0 Å². The second-order valence-corrected chi connectivity index (χ2v) is 9.59. The summed E-state index contributed by atoms with van der Waals surface area (Å²) in [6.07, 6.45) is -0.0784. The van der Waals surface area contributed by atoms with Gasteiger partial charge in [0.2, 0.25) is 0 Å². The van der Waals surface area contributed by atoms with E-state index < -0.39 is 34.4 Å². The molecule has 1 unspecified atom stereocenters. The Kier molecular flexibility index (Phi) is 7.26. The van der Waals surface area contributed by atoms with E-state index in [-0.39, 0.29) is 44.2 Å². The Bertz CT molecular complexity index is 1480.